The van der Waals surface area contributed by atoms with E-state index in [4.69, 9.17) is 4.74 Å². The van der Waals surface area contributed by atoms with Gasteiger partial charge >= 0.3 is 0 Å². The summed E-state index contributed by atoms with van der Waals surface area (Å²) in [5, 5.41) is 5.07. The normalized spacial score (nSPS) is 12.1. The Labute approximate surface area is 142 Å². The average Bonchev–Trinajstić information content (AvgIpc) is 3.12. The number of carbonyl (C=O) groups is 1. The maximum atomic E-state index is 12.0. The van der Waals surface area contributed by atoms with Crippen LogP contribution in [0.2, 0.25) is 0 Å². The molecule has 23 heavy (non-hydrogen) atoms. The molecule has 0 fully saturated rings. The van der Waals surface area contributed by atoms with E-state index in [1.807, 2.05) is 30.3 Å². The van der Waals surface area contributed by atoms with Crippen LogP contribution in [0.25, 0.3) is 0 Å². The van der Waals surface area contributed by atoms with Gasteiger partial charge in [-0.25, -0.2) is 0 Å². The van der Waals surface area contributed by atoms with Gasteiger partial charge in [-0.05, 0) is 36.7 Å². The highest BCUT2D eigenvalue weighted by Gasteiger charge is 2.19. The lowest BCUT2D eigenvalue weighted by atomic mass is 10.2. The first-order valence-corrected chi connectivity index (χ1v) is 8.84. The highest BCUT2D eigenvalue weighted by molar-refractivity contribution is 7.10. The Balaban J connectivity index is 1.86. The van der Waals surface area contributed by atoms with Crippen LogP contribution in [0.3, 0.4) is 0 Å². The lowest BCUT2D eigenvalue weighted by molar-refractivity contribution is -0.123. The Morgan fingerprint density at radius 3 is 2.52 bits per heavy atom. The second kappa shape index (κ2) is 9.33. The lowest BCUT2D eigenvalue weighted by Gasteiger charge is -2.29. The van der Waals surface area contributed by atoms with Gasteiger partial charge in [-0.1, -0.05) is 38.1 Å². The van der Waals surface area contributed by atoms with Crippen LogP contribution in [0.5, 0.6) is 5.75 Å². The van der Waals surface area contributed by atoms with Crippen LogP contribution in [0.4, 0.5) is 0 Å². The van der Waals surface area contributed by atoms with Crippen LogP contribution in [-0.4, -0.2) is 37.0 Å². The first kappa shape index (κ1) is 17.5. The second-order valence-electron chi connectivity index (χ2n) is 5.16. The third kappa shape index (κ3) is 5.37. The Kier molecular flexibility index (Phi) is 7.10. The van der Waals surface area contributed by atoms with E-state index in [-0.39, 0.29) is 18.6 Å². The van der Waals surface area contributed by atoms with E-state index in [2.05, 4.69) is 41.6 Å². The molecule has 1 aromatic heterocycles. The fourth-order valence-corrected chi connectivity index (χ4v) is 3.34. The largest absolute Gasteiger partial charge is 0.484 e. The quantitative estimate of drug-likeness (QED) is 0.766. The van der Waals surface area contributed by atoms with Crippen LogP contribution in [-0.2, 0) is 4.79 Å². The number of rotatable bonds is 9. The summed E-state index contributed by atoms with van der Waals surface area (Å²) in [7, 11) is 0. The van der Waals surface area contributed by atoms with Crippen molar-refractivity contribution in [1.29, 1.82) is 0 Å². The van der Waals surface area contributed by atoms with Gasteiger partial charge in [0.2, 0.25) is 0 Å². The molecule has 0 saturated carbocycles. The minimum atomic E-state index is -0.0948. The number of hydrogen-bond acceptors (Lipinski definition) is 4. The summed E-state index contributed by atoms with van der Waals surface area (Å²) in [6.07, 6.45) is 0. The van der Waals surface area contributed by atoms with Crippen molar-refractivity contribution in [2.45, 2.75) is 19.9 Å². The van der Waals surface area contributed by atoms with E-state index < -0.39 is 0 Å². The first-order valence-electron chi connectivity index (χ1n) is 7.96. The number of benzene rings is 1. The van der Waals surface area contributed by atoms with Crippen LogP contribution in [0.15, 0.2) is 47.8 Å². The summed E-state index contributed by atoms with van der Waals surface area (Å²) < 4.78 is 5.48. The third-order valence-electron chi connectivity index (χ3n) is 3.73. The summed E-state index contributed by atoms with van der Waals surface area (Å²) in [5.41, 5.74) is 0. The van der Waals surface area contributed by atoms with Gasteiger partial charge in [-0.2, -0.15) is 0 Å². The van der Waals surface area contributed by atoms with Crippen molar-refractivity contribution in [3.05, 3.63) is 52.7 Å². The van der Waals surface area contributed by atoms with E-state index in [1.165, 1.54) is 4.88 Å². The van der Waals surface area contributed by atoms with Crippen LogP contribution in [0.1, 0.15) is 24.8 Å². The van der Waals surface area contributed by atoms with Gasteiger partial charge in [0.15, 0.2) is 6.61 Å². The van der Waals surface area contributed by atoms with Crippen molar-refractivity contribution in [1.82, 2.24) is 10.2 Å². The molecule has 0 saturated heterocycles. The van der Waals surface area contributed by atoms with E-state index in [9.17, 15) is 4.79 Å². The maximum absolute atomic E-state index is 12.0. The zero-order valence-electron chi connectivity index (χ0n) is 13.7. The number of nitrogens with one attached hydrogen (secondary N) is 1. The predicted molar refractivity (Wildman–Crippen MR) is 94.9 cm³/mol. The number of nitrogens with zero attached hydrogens (tertiary/aromatic N) is 1. The van der Waals surface area contributed by atoms with Crippen LogP contribution >= 0.6 is 11.3 Å². The SMILES string of the molecule is CCN(CC)C(CNC(=O)COc1ccccc1)c1cccs1. The highest BCUT2D eigenvalue weighted by atomic mass is 32.1. The van der Waals surface area contributed by atoms with Crippen molar-refractivity contribution in [3.63, 3.8) is 0 Å². The van der Waals surface area contributed by atoms with E-state index in [0.717, 1.165) is 13.1 Å². The highest BCUT2D eigenvalue weighted by Crippen LogP contribution is 2.24. The molecule has 4 nitrogen and oxygen atoms in total. The summed E-state index contributed by atoms with van der Waals surface area (Å²) in [4.78, 5) is 15.7. The zero-order chi connectivity index (χ0) is 16.5. The number of para-hydroxylation sites is 1. The van der Waals surface area contributed by atoms with E-state index in [1.54, 1.807) is 11.3 Å². The smallest absolute Gasteiger partial charge is 0.258 e. The molecule has 1 aromatic carbocycles. The zero-order valence-corrected chi connectivity index (χ0v) is 14.5. The number of likely N-dealkylation sites (N-methyl/N-ethyl adjacent to an activating group) is 1. The fraction of sp³-hybridized carbons (Fsp3) is 0.389. The van der Waals surface area contributed by atoms with Crippen molar-refractivity contribution in [2.75, 3.05) is 26.2 Å². The summed E-state index contributed by atoms with van der Waals surface area (Å²) in [5.74, 6) is 0.615. The van der Waals surface area contributed by atoms with Gasteiger partial charge in [-0.15, -0.1) is 11.3 Å². The molecule has 2 rings (SSSR count). The molecule has 1 amide bonds. The van der Waals surface area contributed by atoms with Gasteiger partial charge in [-0.3, -0.25) is 9.69 Å². The lowest BCUT2D eigenvalue weighted by Crippen LogP contribution is -2.39. The molecule has 1 N–H and O–H groups in total. The van der Waals surface area contributed by atoms with Gasteiger partial charge in [0.05, 0.1) is 6.04 Å². The monoisotopic (exact) mass is 332 g/mol. The van der Waals surface area contributed by atoms with Gasteiger partial charge in [0.1, 0.15) is 5.75 Å². The molecule has 0 aliphatic heterocycles. The molecule has 124 valence electrons. The maximum Gasteiger partial charge on any atom is 0.258 e. The van der Waals surface area contributed by atoms with E-state index >= 15 is 0 Å². The first-order chi connectivity index (χ1) is 11.2. The van der Waals surface area contributed by atoms with Crippen LogP contribution < -0.4 is 10.1 Å². The minimum Gasteiger partial charge on any atom is -0.484 e. The predicted octanol–water partition coefficient (Wildman–Crippen LogP) is 3.33. The molecule has 1 atom stereocenters. The molecule has 1 unspecified atom stereocenters. The topological polar surface area (TPSA) is 41.6 Å². The van der Waals surface area contributed by atoms with Gasteiger partial charge in [0, 0.05) is 11.4 Å². The van der Waals surface area contributed by atoms with Crippen molar-refractivity contribution in [3.8, 4) is 5.75 Å². The van der Waals surface area contributed by atoms with Gasteiger partial charge in [0.25, 0.3) is 5.91 Å². The molecular weight excluding hydrogens is 308 g/mol. The van der Waals surface area contributed by atoms with Crippen molar-refractivity contribution in [2.24, 2.45) is 0 Å². The molecule has 5 heteroatoms. The number of hydrogen-bond donors (Lipinski definition) is 1. The Morgan fingerprint density at radius 1 is 1.17 bits per heavy atom. The van der Waals surface area contributed by atoms with Crippen LogP contribution in [0, 0.1) is 0 Å². The summed E-state index contributed by atoms with van der Waals surface area (Å²) in [6, 6.07) is 13.8. The Morgan fingerprint density at radius 2 is 1.91 bits per heavy atom. The molecule has 0 aliphatic carbocycles. The molecule has 0 spiro atoms. The average molecular weight is 332 g/mol. The van der Waals surface area contributed by atoms with Crippen molar-refractivity contribution >= 4 is 17.2 Å². The molecule has 1 heterocycles. The number of ether oxygens (including phenoxy) is 1. The summed E-state index contributed by atoms with van der Waals surface area (Å²) in [6.45, 7) is 6.83. The Bertz CT molecular complexity index is 568. The molecule has 2 aromatic rings. The second-order valence-corrected chi connectivity index (χ2v) is 6.14. The Hall–Kier alpha value is -1.85. The van der Waals surface area contributed by atoms with E-state index in [0.29, 0.717) is 12.3 Å². The standard InChI is InChI=1S/C18H24N2O2S/c1-3-20(4-2)16(17-11-8-12-23-17)13-19-18(21)14-22-15-9-6-5-7-10-15/h5-12,16H,3-4,13-14H2,1-2H3,(H,19,21). The number of thiophene rings is 1. The molecule has 0 aliphatic rings. The molecular formula is C18H24N2O2S. The summed E-state index contributed by atoms with van der Waals surface area (Å²) >= 11 is 1.73. The van der Waals surface area contributed by atoms with Gasteiger partial charge < -0.3 is 10.1 Å². The number of carbonyl (C=O) groups excluding carboxylic acids is 1. The number of amides is 1. The fourth-order valence-electron chi connectivity index (χ4n) is 2.48. The van der Waals surface area contributed by atoms with Crippen molar-refractivity contribution < 1.29 is 9.53 Å². The molecule has 0 bridgehead atoms. The molecule has 0 radical (unpaired) electrons. The minimum absolute atomic E-state index is 0.0411. The third-order valence-corrected chi connectivity index (χ3v) is 4.70.